The van der Waals surface area contributed by atoms with Crippen LogP contribution in [0, 0.1) is 0 Å². The Morgan fingerprint density at radius 2 is 1.51 bits per heavy atom. The molecule has 8 nitrogen and oxygen atoms in total. The van der Waals surface area contributed by atoms with Gasteiger partial charge in [0, 0.05) is 13.1 Å². The summed E-state index contributed by atoms with van der Waals surface area (Å²) in [5, 5.41) is 5.87. The highest BCUT2D eigenvalue weighted by molar-refractivity contribution is 5.82. The van der Waals surface area contributed by atoms with E-state index in [9.17, 15) is 19.2 Å². The second kappa shape index (κ2) is 11.5. The molecule has 2 N–H and O–H groups in total. The summed E-state index contributed by atoms with van der Waals surface area (Å²) in [6.45, 7) is 1.72. The molecule has 4 rings (SSSR count). The van der Waals surface area contributed by atoms with Gasteiger partial charge in [-0.2, -0.15) is 0 Å². The molecule has 0 unspecified atom stereocenters. The molecular formula is C29H30N4O4. The molecule has 4 aromatic rings. The summed E-state index contributed by atoms with van der Waals surface area (Å²) in [4.78, 5) is 51.4. The van der Waals surface area contributed by atoms with E-state index in [1.807, 2.05) is 25.1 Å². The minimum atomic E-state index is -0.602. The lowest BCUT2D eigenvalue weighted by Crippen LogP contribution is -2.43. The minimum absolute atomic E-state index is 0.0894. The summed E-state index contributed by atoms with van der Waals surface area (Å²) in [5.74, 6) is -0.444. The first-order valence-electron chi connectivity index (χ1n) is 12.2. The zero-order valence-electron chi connectivity index (χ0n) is 20.9. The summed E-state index contributed by atoms with van der Waals surface area (Å²) in [7, 11) is 1.56. The van der Waals surface area contributed by atoms with Gasteiger partial charge in [0.2, 0.25) is 11.8 Å². The van der Waals surface area contributed by atoms with Gasteiger partial charge in [-0.05, 0) is 55.2 Å². The lowest BCUT2D eigenvalue weighted by Gasteiger charge is -2.17. The molecule has 0 fully saturated rings. The molecule has 0 radical (unpaired) electrons. The number of nitrogens with one attached hydrogen (secondary N) is 2. The molecule has 0 aliphatic rings. The Hall–Kier alpha value is -4.46. The van der Waals surface area contributed by atoms with E-state index in [0.29, 0.717) is 16.6 Å². The second-order valence-electron chi connectivity index (χ2n) is 9.04. The number of hydrogen-bond donors (Lipinski definition) is 2. The highest BCUT2D eigenvalue weighted by Gasteiger charge is 2.17. The van der Waals surface area contributed by atoms with Crippen molar-refractivity contribution in [3.8, 4) is 5.69 Å². The molecule has 0 aliphatic carbocycles. The number of likely N-dealkylation sites (N-methyl/N-ethyl adjacent to an activating group) is 1. The van der Waals surface area contributed by atoms with E-state index in [0.717, 1.165) is 23.0 Å². The highest BCUT2D eigenvalue weighted by Crippen LogP contribution is 2.12. The number of amides is 2. The van der Waals surface area contributed by atoms with Gasteiger partial charge in [0.1, 0.15) is 6.54 Å². The van der Waals surface area contributed by atoms with E-state index in [1.165, 1.54) is 10.1 Å². The third kappa shape index (κ3) is 6.03. The summed E-state index contributed by atoms with van der Waals surface area (Å²) >= 11 is 0. The smallest absolute Gasteiger partial charge is 0.336 e. The van der Waals surface area contributed by atoms with Crippen LogP contribution in [0.15, 0.2) is 88.5 Å². The zero-order valence-corrected chi connectivity index (χ0v) is 20.9. The lowest BCUT2D eigenvalue weighted by molar-refractivity contribution is -0.122. The Labute approximate surface area is 214 Å². The molecule has 8 heteroatoms. The number of para-hydroxylation sites is 1. The van der Waals surface area contributed by atoms with E-state index >= 15 is 0 Å². The molecule has 0 aliphatic heterocycles. The van der Waals surface area contributed by atoms with E-state index in [4.69, 9.17) is 0 Å². The van der Waals surface area contributed by atoms with Crippen molar-refractivity contribution in [3.63, 3.8) is 0 Å². The SMILES string of the molecule is CNC(=O)Cc1ccc(-n2c(=O)c3ccccc3n(CC(=O)N[C@H](C)CCc3ccccc3)c2=O)cc1. The van der Waals surface area contributed by atoms with Gasteiger partial charge in [-0.25, -0.2) is 9.36 Å². The van der Waals surface area contributed by atoms with Gasteiger partial charge in [-0.1, -0.05) is 54.6 Å². The predicted molar refractivity (Wildman–Crippen MR) is 144 cm³/mol. The number of carbonyl (C=O) groups excluding carboxylic acids is 2. The van der Waals surface area contributed by atoms with Crippen molar-refractivity contribution in [2.45, 2.75) is 38.8 Å². The number of fused-ring (bicyclic) bond motifs is 1. The fourth-order valence-corrected chi connectivity index (χ4v) is 4.30. The topological polar surface area (TPSA) is 102 Å². The summed E-state index contributed by atoms with van der Waals surface area (Å²) in [5.41, 5.74) is 1.65. The molecule has 3 aromatic carbocycles. The van der Waals surface area contributed by atoms with Crippen LogP contribution in [0.25, 0.3) is 16.6 Å². The molecular weight excluding hydrogens is 468 g/mol. The highest BCUT2D eigenvalue weighted by atomic mass is 16.2. The number of hydrogen-bond acceptors (Lipinski definition) is 4. The minimum Gasteiger partial charge on any atom is -0.359 e. The Morgan fingerprint density at radius 1 is 0.838 bits per heavy atom. The normalized spacial score (nSPS) is 11.7. The van der Waals surface area contributed by atoms with Crippen LogP contribution in [-0.2, 0) is 29.0 Å². The number of rotatable bonds is 9. The molecule has 0 bridgehead atoms. The molecule has 1 atom stereocenters. The van der Waals surface area contributed by atoms with Crippen LogP contribution in [0.2, 0.25) is 0 Å². The maximum atomic E-state index is 13.5. The van der Waals surface area contributed by atoms with Crippen molar-refractivity contribution in [3.05, 3.63) is 111 Å². The molecule has 2 amide bonds. The summed E-state index contributed by atoms with van der Waals surface area (Å²) in [6, 6.07) is 23.4. The third-order valence-electron chi connectivity index (χ3n) is 6.31. The number of carbonyl (C=O) groups is 2. The van der Waals surface area contributed by atoms with Crippen molar-refractivity contribution in [1.29, 1.82) is 0 Å². The fraction of sp³-hybridized carbons (Fsp3) is 0.241. The molecule has 1 aromatic heterocycles. The van der Waals surface area contributed by atoms with Crippen molar-refractivity contribution in [1.82, 2.24) is 19.8 Å². The van der Waals surface area contributed by atoms with Crippen LogP contribution >= 0.6 is 0 Å². The number of nitrogens with zero attached hydrogens (tertiary/aromatic N) is 2. The van der Waals surface area contributed by atoms with Gasteiger partial charge < -0.3 is 10.6 Å². The number of aryl methyl sites for hydroxylation is 1. The van der Waals surface area contributed by atoms with Gasteiger partial charge in [-0.3, -0.25) is 19.0 Å². The van der Waals surface area contributed by atoms with Crippen LogP contribution in [0.3, 0.4) is 0 Å². The van der Waals surface area contributed by atoms with Gasteiger partial charge in [-0.15, -0.1) is 0 Å². The maximum absolute atomic E-state index is 13.5. The summed E-state index contributed by atoms with van der Waals surface area (Å²) in [6.07, 6.45) is 1.77. The first-order chi connectivity index (χ1) is 17.9. The van der Waals surface area contributed by atoms with Crippen LogP contribution in [0.5, 0.6) is 0 Å². The summed E-state index contributed by atoms with van der Waals surface area (Å²) < 4.78 is 2.40. The van der Waals surface area contributed by atoms with Gasteiger partial charge in [0.05, 0.1) is 23.0 Å². The molecule has 0 spiro atoms. The second-order valence-corrected chi connectivity index (χ2v) is 9.04. The Balaban J connectivity index is 1.60. The van der Waals surface area contributed by atoms with Crippen molar-refractivity contribution in [2.75, 3.05) is 7.05 Å². The van der Waals surface area contributed by atoms with E-state index in [-0.39, 0.29) is 30.8 Å². The Kier molecular flexibility index (Phi) is 7.98. The Bertz CT molecular complexity index is 1520. The van der Waals surface area contributed by atoms with Crippen LogP contribution in [0.4, 0.5) is 0 Å². The molecule has 0 saturated heterocycles. The largest absolute Gasteiger partial charge is 0.359 e. The zero-order chi connectivity index (χ0) is 26.4. The molecule has 37 heavy (non-hydrogen) atoms. The quantitative estimate of drug-likeness (QED) is 0.370. The first kappa shape index (κ1) is 25.6. The number of benzene rings is 3. The predicted octanol–water partition coefficient (Wildman–Crippen LogP) is 2.58. The molecule has 1 heterocycles. The van der Waals surface area contributed by atoms with Crippen LogP contribution < -0.4 is 21.9 Å². The molecule has 0 saturated carbocycles. The van der Waals surface area contributed by atoms with Crippen LogP contribution in [-0.4, -0.2) is 34.0 Å². The van der Waals surface area contributed by atoms with Gasteiger partial charge >= 0.3 is 5.69 Å². The van der Waals surface area contributed by atoms with Crippen molar-refractivity contribution in [2.24, 2.45) is 0 Å². The average molecular weight is 499 g/mol. The third-order valence-corrected chi connectivity index (χ3v) is 6.31. The van der Waals surface area contributed by atoms with E-state index in [2.05, 4.69) is 22.8 Å². The van der Waals surface area contributed by atoms with Crippen LogP contribution in [0.1, 0.15) is 24.5 Å². The standard InChI is InChI=1S/C29H30N4O4/c1-20(12-13-21-8-4-3-5-9-21)31-27(35)19-32-25-11-7-6-10-24(25)28(36)33(29(32)37)23-16-14-22(15-17-23)18-26(34)30-2/h3-11,14-17,20H,12-13,18-19H2,1-2H3,(H,30,34)(H,31,35)/t20-/m1/s1. The number of aromatic nitrogens is 2. The first-order valence-corrected chi connectivity index (χ1v) is 12.2. The average Bonchev–Trinajstić information content (AvgIpc) is 2.91. The van der Waals surface area contributed by atoms with Crippen molar-refractivity contribution >= 4 is 22.7 Å². The molecule has 190 valence electrons. The van der Waals surface area contributed by atoms with Gasteiger partial charge in [0.15, 0.2) is 0 Å². The van der Waals surface area contributed by atoms with Crippen molar-refractivity contribution < 1.29 is 9.59 Å². The maximum Gasteiger partial charge on any atom is 0.336 e. The monoisotopic (exact) mass is 498 g/mol. The van der Waals surface area contributed by atoms with E-state index < -0.39 is 11.2 Å². The van der Waals surface area contributed by atoms with Gasteiger partial charge in [0.25, 0.3) is 5.56 Å². The van der Waals surface area contributed by atoms with E-state index in [1.54, 1.807) is 55.6 Å². The fourth-order valence-electron chi connectivity index (χ4n) is 4.30. The Morgan fingerprint density at radius 3 is 2.22 bits per heavy atom. The lowest BCUT2D eigenvalue weighted by atomic mass is 10.1.